The Balaban J connectivity index is 1.40. The van der Waals surface area contributed by atoms with Crippen LogP contribution in [0.1, 0.15) is 22.8 Å². The third-order valence-corrected chi connectivity index (χ3v) is 7.22. The van der Waals surface area contributed by atoms with Crippen LogP contribution in [0.5, 0.6) is 11.5 Å². The second-order valence-electron chi connectivity index (χ2n) is 6.61. The Morgan fingerprint density at radius 2 is 1.71 bits per heavy atom. The topological polar surface area (TPSA) is 106 Å². The zero-order chi connectivity index (χ0) is 21.8. The van der Waals surface area contributed by atoms with E-state index in [9.17, 15) is 13.2 Å². The van der Waals surface area contributed by atoms with Gasteiger partial charge in [0.15, 0.2) is 11.5 Å². The Kier molecular flexibility index (Phi) is 5.92. The molecule has 0 saturated carbocycles. The van der Waals surface area contributed by atoms with Gasteiger partial charge in [-0.3, -0.25) is 9.52 Å². The summed E-state index contributed by atoms with van der Waals surface area (Å²) in [5, 5.41) is 5.84. The average molecular weight is 458 g/mol. The number of thiophene rings is 1. The number of anilines is 1. The van der Waals surface area contributed by atoms with Gasteiger partial charge in [-0.25, -0.2) is 13.8 Å². The second-order valence-corrected chi connectivity index (χ2v) is 9.47. The molecule has 4 rings (SSSR count). The van der Waals surface area contributed by atoms with Gasteiger partial charge in [0.1, 0.15) is 17.4 Å². The molecule has 0 atom stereocenters. The first-order valence-electron chi connectivity index (χ1n) is 9.33. The van der Waals surface area contributed by atoms with Crippen molar-refractivity contribution >= 4 is 38.7 Å². The van der Waals surface area contributed by atoms with E-state index in [0.29, 0.717) is 41.7 Å². The maximum atomic E-state index is 12.4. The Bertz CT molecular complexity index is 1220. The molecule has 0 saturated heterocycles. The van der Waals surface area contributed by atoms with Gasteiger partial charge in [-0.15, -0.1) is 11.3 Å². The van der Waals surface area contributed by atoms with Crippen molar-refractivity contribution in [3.05, 3.63) is 71.1 Å². The fraction of sp³-hybridized carbons (Fsp3) is 0.143. The van der Waals surface area contributed by atoms with Crippen molar-refractivity contribution in [2.24, 2.45) is 5.10 Å². The number of carbonyl (C=O) groups excluding carboxylic acids is 1. The van der Waals surface area contributed by atoms with Crippen LogP contribution in [0.15, 0.2) is 69.3 Å². The van der Waals surface area contributed by atoms with Crippen LogP contribution >= 0.6 is 11.3 Å². The van der Waals surface area contributed by atoms with Crippen LogP contribution in [-0.4, -0.2) is 33.3 Å². The first-order valence-corrected chi connectivity index (χ1v) is 11.7. The number of carbonyl (C=O) groups is 1. The van der Waals surface area contributed by atoms with E-state index in [2.05, 4.69) is 15.2 Å². The first-order chi connectivity index (χ1) is 14.9. The van der Waals surface area contributed by atoms with Gasteiger partial charge < -0.3 is 9.47 Å². The third kappa shape index (κ3) is 4.86. The number of hydrogen-bond acceptors (Lipinski definition) is 7. The molecule has 0 fully saturated rings. The average Bonchev–Trinajstić information content (AvgIpc) is 3.33. The number of benzene rings is 2. The zero-order valence-corrected chi connectivity index (χ0v) is 18.1. The van der Waals surface area contributed by atoms with E-state index in [4.69, 9.17) is 9.47 Å². The zero-order valence-electron chi connectivity index (χ0n) is 16.5. The third-order valence-electron chi connectivity index (χ3n) is 4.44. The number of ether oxygens (including phenoxy) is 2. The van der Waals surface area contributed by atoms with Crippen molar-refractivity contribution in [1.82, 2.24) is 5.43 Å². The van der Waals surface area contributed by atoms with Crippen molar-refractivity contribution in [2.45, 2.75) is 11.1 Å². The van der Waals surface area contributed by atoms with Gasteiger partial charge in [0, 0.05) is 16.8 Å². The van der Waals surface area contributed by atoms with Crippen LogP contribution in [0.25, 0.3) is 0 Å². The van der Waals surface area contributed by atoms with Crippen molar-refractivity contribution < 1.29 is 22.7 Å². The summed E-state index contributed by atoms with van der Waals surface area (Å²) in [6.07, 6.45) is 0. The number of hydrogen-bond donors (Lipinski definition) is 2. The van der Waals surface area contributed by atoms with E-state index in [0.717, 1.165) is 16.9 Å². The van der Waals surface area contributed by atoms with Crippen molar-refractivity contribution in [3.63, 3.8) is 0 Å². The van der Waals surface area contributed by atoms with Crippen LogP contribution in [0.2, 0.25) is 0 Å². The van der Waals surface area contributed by atoms with Crippen LogP contribution in [-0.2, 0) is 10.0 Å². The number of nitrogens with one attached hydrogen (secondary N) is 2. The Hall–Kier alpha value is -3.37. The van der Waals surface area contributed by atoms with Crippen molar-refractivity contribution in [2.75, 3.05) is 17.9 Å². The van der Waals surface area contributed by atoms with Gasteiger partial charge in [0.2, 0.25) is 0 Å². The minimum absolute atomic E-state index is 0.221. The van der Waals surface area contributed by atoms with Gasteiger partial charge in [-0.1, -0.05) is 6.07 Å². The molecular weight excluding hydrogens is 438 g/mol. The maximum Gasteiger partial charge on any atom is 0.271 e. The van der Waals surface area contributed by atoms with Crippen LogP contribution in [0.3, 0.4) is 0 Å². The van der Waals surface area contributed by atoms with Crippen molar-refractivity contribution in [1.29, 1.82) is 0 Å². The predicted molar refractivity (Wildman–Crippen MR) is 119 cm³/mol. The molecule has 1 amide bonds. The summed E-state index contributed by atoms with van der Waals surface area (Å²) < 4.78 is 38.3. The lowest BCUT2D eigenvalue weighted by Crippen LogP contribution is -2.20. The minimum Gasteiger partial charge on any atom is -0.486 e. The molecule has 3 aromatic rings. The molecule has 1 aliphatic heterocycles. The highest BCUT2D eigenvalue weighted by atomic mass is 32.2. The summed E-state index contributed by atoms with van der Waals surface area (Å²) in [5.74, 6) is 0.913. The first kappa shape index (κ1) is 20.9. The number of nitrogens with zero attached hydrogens (tertiary/aromatic N) is 1. The van der Waals surface area contributed by atoms with Gasteiger partial charge in [-0.2, -0.15) is 5.10 Å². The highest BCUT2D eigenvalue weighted by Gasteiger charge is 2.16. The standard InChI is InChI=1S/C21H19N3O5S2/c1-14(16-6-9-18-19(13-16)29-11-10-28-18)22-23-21(25)15-4-7-17(8-5-15)24-31(26,27)20-3-2-12-30-20/h2-9,12-13,24H,10-11H2,1H3,(H,23,25)/b22-14+. The Labute approximate surface area is 183 Å². The number of hydrazone groups is 1. The van der Waals surface area contributed by atoms with Crippen molar-refractivity contribution in [3.8, 4) is 11.5 Å². The lowest BCUT2D eigenvalue weighted by Gasteiger charge is -2.18. The van der Waals surface area contributed by atoms with E-state index in [-0.39, 0.29) is 4.21 Å². The molecule has 2 aromatic carbocycles. The summed E-state index contributed by atoms with van der Waals surface area (Å²) in [6, 6.07) is 14.8. The van der Waals surface area contributed by atoms with Gasteiger partial charge >= 0.3 is 0 Å². The second kappa shape index (κ2) is 8.78. The number of amides is 1. The lowest BCUT2D eigenvalue weighted by atomic mass is 10.1. The molecule has 2 heterocycles. The number of rotatable bonds is 6. The highest BCUT2D eigenvalue weighted by molar-refractivity contribution is 7.94. The molecule has 1 aliphatic rings. The van der Waals surface area contributed by atoms with E-state index in [1.807, 2.05) is 12.1 Å². The number of sulfonamides is 1. The van der Waals surface area contributed by atoms with Crippen LogP contribution < -0.4 is 19.6 Å². The maximum absolute atomic E-state index is 12.4. The summed E-state index contributed by atoms with van der Waals surface area (Å²) in [6.45, 7) is 2.78. The summed E-state index contributed by atoms with van der Waals surface area (Å²) in [7, 11) is -3.63. The van der Waals surface area contributed by atoms with E-state index in [1.165, 1.54) is 30.3 Å². The predicted octanol–water partition coefficient (Wildman–Crippen LogP) is 3.47. The SMILES string of the molecule is C/C(=N\NC(=O)c1ccc(NS(=O)(=O)c2cccs2)cc1)c1ccc2c(c1)OCCO2. The fourth-order valence-electron chi connectivity index (χ4n) is 2.84. The molecule has 0 bridgehead atoms. The Morgan fingerprint density at radius 1 is 1.00 bits per heavy atom. The molecule has 160 valence electrons. The molecule has 2 N–H and O–H groups in total. The molecule has 1 aromatic heterocycles. The molecular formula is C21H19N3O5S2. The summed E-state index contributed by atoms with van der Waals surface area (Å²) in [5.41, 5.74) is 4.61. The van der Waals surface area contributed by atoms with E-state index >= 15 is 0 Å². The van der Waals surface area contributed by atoms with Gasteiger partial charge in [0.05, 0.1) is 5.71 Å². The van der Waals surface area contributed by atoms with E-state index in [1.54, 1.807) is 24.4 Å². The van der Waals surface area contributed by atoms with Crippen LogP contribution in [0.4, 0.5) is 5.69 Å². The Morgan fingerprint density at radius 3 is 2.42 bits per heavy atom. The molecule has 0 radical (unpaired) electrons. The minimum atomic E-state index is -3.63. The number of fused-ring (bicyclic) bond motifs is 1. The van der Waals surface area contributed by atoms with E-state index < -0.39 is 15.9 Å². The molecule has 10 heteroatoms. The summed E-state index contributed by atoms with van der Waals surface area (Å²) in [4.78, 5) is 12.4. The fourth-order valence-corrected chi connectivity index (χ4v) is 4.90. The van der Waals surface area contributed by atoms with Gasteiger partial charge in [0.25, 0.3) is 15.9 Å². The van der Waals surface area contributed by atoms with Crippen LogP contribution in [0, 0.1) is 0 Å². The molecule has 8 nitrogen and oxygen atoms in total. The largest absolute Gasteiger partial charge is 0.486 e. The lowest BCUT2D eigenvalue weighted by molar-refractivity contribution is 0.0955. The molecule has 0 unspecified atom stereocenters. The monoisotopic (exact) mass is 457 g/mol. The van der Waals surface area contributed by atoms with Gasteiger partial charge in [-0.05, 0) is 60.8 Å². The normalized spacial score (nSPS) is 13.5. The highest BCUT2D eigenvalue weighted by Crippen LogP contribution is 2.30. The quantitative estimate of drug-likeness (QED) is 0.435. The smallest absolute Gasteiger partial charge is 0.271 e. The molecule has 0 spiro atoms. The summed E-state index contributed by atoms with van der Waals surface area (Å²) >= 11 is 1.13. The molecule has 31 heavy (non-hydrogen) atoms. The molecule has 0 aliphatic carbocycles.